The van der Waals surface area contributed by atoms with Crippen LogP contribution in [0.5, 0.6) is 0 Å². The van der Waals surface area contributed by atoms with Crippen LogP contribution in [0.15, 0.2) is 42.5 Å². The number of sulfonamides is 1. The van der Waals surface area contributed by atoms with Gasteiger partial charge in [-0.15, -0.1) is 0 Å². The molecule has 27 heavy (non-hydrogen) atoms. The van der Waals surface area contributed by atoms with Gasteiger partial charge in [-0.25, -0.2) is 12.8 Å². The predicted molar refractivity (Wildman–Crippen MR) is 105 cm³/mol. The number of rotatable bonds is 5. The van der Waals surface area contributed by atoms with Crippen molar-refractivity contribution < 1.29 is 17.6 Å². The van der Waals surface area contributed by atoms with Crippen molar-refractivity contribution >= 4 is 27.3 Å². The number of hydrogen-bond donors (Lipinski definition) is 1. The number of amides is 1. The Bertz CT molecular complexity index is 959. The number of carbonyl (C=O) groups is 1. The molecule has 1 atom stereocenters. The minimum absolute atomic E-state index is 0.236. The van der Waals surface area contributed by atoms with Crippen molar-refractivity contribution in [1.82, 2.24) is 0 Å². The summed E-state index contributed by atoms with van der Waals surface area (Å²) in [5.74, 6) is -0.987. The van der Waals surface area contributed by atoms with Gasteiger partial charge < -0.3 is 5.32 Å². The standard InChI is InChI=1S/C20H23FN2O3S/c1-14(12-16-6-3-4-8-18(16)21)20(24)22-17-10-9-15-7-5-11-23(19(15)13-17)27(2,25)26/h3-4,6,8-10,13-14H,5,7,11-12H2,1-2H3,(H,22,24). The Morgan fingerprint density at radius 1 is 1.26 bits per heavy atom. The number of aryl methyl sites for hydroxylation is 1. The molecular formula is C20H23FN2O3S. The number of hydrogen-bond acceptors (Lipinski definition) is 3. The maximum absolute atomic E-state index is 13.8. The SMILES string of the molecule is CC(Cc1ccccc1F)C(=O)Nc1ccc2c(c1)N(S(C)(=O)=O)CCC2. The first kappa shape index (κ1) is 19.4. The van der Waals surface area contributed by atoms with Crippen molar-refractivity contribution in [2.75, 3.05) is 22.4 Å². The quantitative estimate of drug-likeness (QED) is 0.851. The van der Waals surface area contributed by atoms with Crippen molar-refractivity contribution in [1.29, 1.82) is 0 Å². The second-order valence-electron chi connectivity index (χ2n) is 6.97. The highest BCUT2D eigenvalue weighted by molar-refractivity contribution is 7.92. The summed E-state index contributed by atoms with van der Waals surface area (Å²) in [5, 5.41) is 2.82. The van der Waals surface area contributed by atoms with Gasteiger partial charge >= 0.3 is 0 Å². The van der Waals surface area contributed by atoms with Gasteiger partial charge in [0, 0.05) is 18.2 Å². The van der Waals surface area contributed by atoms with Gasteiger partial charge in [-0.1, -0.05) is 31.2 Å². The fourth-order valence-electron chi connectivity index (χ4n) is 3.32. The van der Waals surface area contributed by atoms with Gasteiger partial charge in [0.05, 0.1) is 11.9 Å². The molecule has 7 heteroatoms. The van der Waals surface area contributed by atoms with Crippen LogP contribution in [0.3, 0.4) is 0 Å². The van der Waals surface area contributed by atoms with Crippen LogP contribution in [0.25, 0.3) is 0 Å². The van der Waals surface area contributed by atoms with Crippen molar-refractivity contribution in [3.05, 3.63) is 59.4 Å². The summed E-state index contributed by atoms with van der Waals surface area (Å²) in [6.45, 7) is 2.18. The summed E-state index contributed by atoms with van der Waals surface area (Å²) < 4.78 is 39.2. The van der Waals surface area contributed by atoms with Gasteiger partial charge in [0.2, 0.25) is 15.9 Å². The summed E-state index contributed by atoms with van der Waals surface area (Å²) in [6, 6.07) is 11.7. The normalized spacial score (nSPS) is 15.1. The molecule has 0 fully saturated rings. The van der Waals surface area contributed by atoms with Gasteiger partial charge in [0.25, 0.3) is 0 Å². The average Bonchev–Trinajstić information content (AvgIpc) is 2.62. The zero-order valence-electron chi connectivity index (χ0n) is 15.4. The minimum Gasteiger partial charge on any atom is -0.326 e. The molecule has 1 aliphatic rings. The van der Waals surface area contributed by atoms with Crippen LogP contribution in [0.4, 0.5) is 15.8 Å². The lowest BCUT2D eigenvalue weighted by Gasteiger charge is -2.29. The second kappa shape index (κ2) is 7.68. The van der Waals surface area contributed by atoms with Crippen molar-refractivity contribution in [3.8, 4) is 0 Å². The fraction of sp³-hybridized carbons (Fsp3) is 0.350. The molecule has 1 amide bonds. The van der Waals surface area contributed by atoms with E-state index >= 15 is 0 Å². The number of anilines is 2. The highest BCUT2D eigenvalue weighted by Gasteiger charge is 2.24. The zero-order valence-corrected chi connectivity index (χ0v) is 16.2. The Kier molecular flexibility index (Phi) is 5.51. The van der Waals surface area contributed by atoms with Crippen molar-refractivity contribution in [2.45, 2.75) is 26.2 Å². The molecule has 1 aliphatic heterocycles. The number of nitrogens with zero attached hydrogens (tertiary/aromatic N) is 1. The maximum Gasteiger partial charge on any atom is 0.232 e. The Morgan fingerprint density at radius 2 is 2.00 bits per heavy atom. The predicted octanol–water partition coefficient (Wildman–Crippen LogP) is 3.36. The number of carbonyl (C=O) groups excluding carboxylic acids is 1. The first-order valence-corrected chi connectivity index (χ1v) is 10.8. The Morgan fingerprint density at radius 3 is 2.70 bits per heavy atom. The lowest BCUT2D eigenvalue weighted by Crippen LogP contribution is -2.34. The lowest BCUT2D eigenvalue weighted by molar-refractivity contribution is -0.119. The third-order valence-electron chi connectivity index (χ3n) is 4.76. The molecule has 2 aromatic rings. The smallest absolute Gasteiger partial charge is 0.232 e. The molecule has 1 N–H and O–H groups in total. The first-order chi connectivity index (χ1) is 12.8. The summed E-state index contributed by atoms with van der Waals surface area (Å²) in [4.78, 5) is 12.5. The van der Waals surface area contributed by atoms with Gasteiger partial charge in [0.15, 0.2) is 0 Å². The Labute approximate surface area is 159 Å². The zero-order chi connectivity index (χ0) is 19.6. The molecule has 0 saturated heterocycles. The molecule has 5 nitrogen and oxygen atoms in total. The summed E-state index contributed by atoms with van der Waals surface area (Å²) in [6.07, 6.45) is 3.05. The van der Waals surface area contributed by atoms with E-state index in [1.54, 1.807) is 37.3 Å². The Balaban J connectivity index is 1.76. The van der Waals surface area contributed by atoms with Crippen LogP contribution < -0.4 is 9.62 Å². The molecule has 144 valence electrons. The van der Waals surface area contributed by atoms with Crippen LogP contribution in [0.1, 0.15) is 24.5 Å². The maximum atomic E-state index is 13.8. The van der Waals surface area contributed by atoms with E-state index in [2.05, 4.69) is 5.32 Å². The van der Waals surface area contributed by atoms with Crippen molar-refractivity contribution in [3.63, 3.8) is 0 Å². The fourth-order valence-corrected chi connectivity index (χ4v) is 4.30. The molecule has 3 rings (SSSR count). The van der Waals surface area contributed by atoms with Crippen LogP contribution >= 0.6 is 0 Å². The van der Waals surface area contributed by atoms with Gasteiger partial charge in [-0.3, -0.25) is 9.10 Å². The van der Waals surface area contributed by atoms with Crippen LogP contribution in [0.2, 0.25) is 0 Å². The molecule has 0 saturated carbocycles. The molecule has 0 radical (unpaired) electrons. The van der Waals surface area contributed by atoms with Crippen molar-refractivity contribution in [2.24, 2.45) is 5.92 Å². The van der Waals surface area contributed by atoms with Crippen LogP contribution in [-0.2, 0) is 27.7 Å². The van der Waals surface area contributed by atoms with E-state index in [-0.39, 0.29) is 11.7 Å². The lowest BCUT2D eigenvalue weighted by atomic mass is 9.99. The number of benzene rings is 2. The van der Waals surface area contributed by atoms with E-state index in [1.807, 2.05) is 6.07 Å². The molecule has 2 aromatic carbocycles. The first-order valence-electron chi connectivity index (χ1n) is 8.90. The monoisotopic (exact) mass is 390 g/mol. The number of fused-ring (bicyclic) bond motifs is 1. The molecular weight excluding hydrogens is 367 g/mol. The van der Waals surface area contributed by atoms with E-state index in [0.29, 0.717) is 29.9 Å². The van der Waals surface area contributed by atoms with Gasteiger partial charge in [0.1, 0.15) is 5.82 Å². The molecule has 1 unspecified atom stereocenters. The van der Waals surface area contributed by atoms with E-state index in [1.165, 1.54) is 16.6 Å². The number of halogens is 1. The Hall–Kier alpha value is -2.41. The van der Waals surface area contributed by atoms with Crippen LogP contribution in [0, 0.1) is 11.7 Å². The van der Waals surface area contributed by atoms with E-state index in [0.717, 1.165) is 18.4 Å². The second-order valence-corrected chi connectivity index (χ2v) is 8.87. The highest BCUT2D eigenvalue weighted by atomic mass is 32.2. The third-order valence-corrected chi connectivity index (χ3v) is 5.94. The van der Waals surface area contributed by atoms with E-state index in [4.69, 9.17) is 0 Å². The van der Waals surface area contributed by atoms with E-state index < -0.39 is 15.9 Å². The summed E-state index contributed by atoms with van der Waals surface area (Å²) in [7, 11) is -3.37. The molecule has 0 aliphatic carbocycles. The molecule has 0 aromatic heterocycles. The summed E-state index contributed by atoms with van der Waals surface area (Å²) >= 11 is 0. The van der Waals surface area contributed by atoms with E-state index in [9.17, 15) is 17.6 Å². The average molecular weight is 390 g/mol. The van der Waals surface area contributed by atoms with Gasteiger partial charge in [-0.2, -0.15) is 0 Å². The molecule has 0 spiro atoms. The third kappa shape index (κ3) is 4.47. The minimum atomic E-state index is -3.37. The summed E-state index contributed by atoms with van der Waals surface area (Å²) in [5.41, 5.74) is 2.59. The highest BCUT2D eigenvalue weighted by Crippen LogP contribution is 2.32. The topological polar surface area (TPSA) is 66.5 Å². The largest absolute Gasteiger partial charge is 0.326 e. The molecule has 1 heterocycles. The van der Waals surface area contributed by atoms with Gasteiger partial charge in [-0.05, 0) is 48.6 Å². The molecule has 0 bridgehead atoms. The number of nitrogens with one attached hydrogen (secondary N) is 1. The van der Waals surface area contributed by atoms with Crippen LogP contribution in [-0.4, -0.2) is 27.1 Å².